The van der Waals surface area contributed by atoms with E-state index >= 15 is 0 Å². The molecule has 12 heavy (non-hydrogen) atoms. The third-order valence-electron chi connectivity index (χ3n) is 2.57. The Balaban J connectivity index is 2.08. The predicted octanol–water partition coefficient (Wildman–Crippen LogP) is 1.97. The summed E-state index contributed by atoms with van der Waals surface area (Å²) in [5, 5.41) is 4.23. The van der Waals surface area contributed by atoms with Crippen LogP contribution >= 0.6 is 0 Å². The summed E-state index contributed by atoms with van der Waals surface area (Å²) in [5.74, 6) is 0. The quantitative estimate of drug-likeness (QED) is 0.691. The Hall–Kier alpha value is -0.990. The van der Waals surface area contributed by atoms with Crippen molar-refractivity contribution in [1.82, 2.24) is 9.78 Å². The van der Waals surface area contributed by atoms with Crippen LogP contribution in [0.5, 0.6) is 0 Å². The molecule has 0 amide bonds. The van der Waals surface area contributed by atoms with Crippen LogP contribution in [0.1, 0.15) is 38.1 Å². The molecule has 0 bridgehead atoms. The summed E-state index contributed by atoms with van der Waals surface area (Å²) in [6.07, 6.45) is 10.3. The second kappa shape index (κ2) is 3.17. The molecule has 1 heterocycles. The van der Waals surface area contributed by atoms with Crippen molar-refractivity contribution in [2.75, 3.05) is 5.73 Å². The molecule has 0 aromatic carbocycles. The van der Waals surface area contributed by atoms with Crippen molar-refractivity contribution in [1.29, 1.82) is 0 Å². The Bertz CT molecular complexity index is 248. The molecule has 0 aliphatic heterocycles. The van der Waals surface area contributed by atoms with Crippen LogP contribution < -0.4 is 5.73 Å². The highest BCUT2D eigenvalue weighted by molar-refractivity contribution is 5.30. The number of hydrogen-bond donors (Lipinski definition) is 1. The first-order chi connectivity index (χ1) is 5.86. The van der Waals surface area contributed by atoms with Crippen LogP contribution in [0.25, 0.3) is 0 Å². The van der Waals surface area contributed by atoms with Gasteiger partial charge >= 0.3 is 0 Å². The lowest BCUT2D eigenvalue weighted by atomic mass is 9.96. The van der Waals surface area contributed by atoms with E-state index in [9.17, 15) is 0 Å². The summed E-state index contributed by atoms with van der Waals surface area (Å²) < 4.78 is 2.02. The Kier molecular flexibility index (Phi) is 2.02. The summed E-state index contributed by atoms with van der Waals surface area (Å²) >= 11 is 0. The van der Waals surface area contributed by atoms with Crippen LogP contribution in [-0.2, 0) is 0 Å². The van der Waals surface area contributed by atoms with Crippen LogP contribution in [0.3, 0.4) is 0 Å². The summed E-state index contributed by atoms with van der Waals surface area (Å²) in [4.78, 5) is 0. The second-order valence-electron chi connectivity index (χ2n) is 3.55. The number of rotatable bonds is 1. The molecule has 0 atom stereocenters. The fourth-order valence-electron chi connectivity index (χ4n) is 1.90. The molecule has 2 N–H and O–H groups in total. The molecule has 3 nitrogen and oxygen atoms in total. The molecule has 0 unspecified atom stereocenters. The molecule has 1 fully saturated rings. The number of nitrogens with two attached hydrogens (primary N) is 1. The molecule has 1 saturated carbocycles. The number of nitrogen functional groups attached to an aromatic ring is 1. The number of aromatic nitrogens is 2. The highest BCUT2D eigenvalue weighted by atomic mass is 15.3. The molecule has 3 heteroatoms. The molecule has 0 saturated heterocycles. The lowest BCUT2D eigenvalue weighted by molar-refractivity contribution is 0.329. The van der Waals surface area contributed by atoms with E-state index in [1.54, 1.807) is 6.20 Å². The van der Waals surface area contributed by atoms with Crippen molar-refractivity contribution in [3.05, 3.63) is 12.4 Å². The smallest absolute Gasteiger partial charge is 0.0719 e. The van der Waals surface area contributed by atoms with Gasteiger partial charge in [0.15, 0.2) is 0 Å². The monoisotopic (exact) mass is 165 g/mol. The fraction of sp³-hybridized carbons (Fsp3) is 0.667. The van der Waals surface area contributed by atoms with Gasteiger partial charge in [-0.2, -0.15) is 5.10 Å². The van der Waals surface area contributed by atoms with E-state index in [4.69, 9.17) is 5.73 Å². The summed E-state index contributed by atoms with van der Waals surface area (Å²) in [6.45, 7) is 0. The Morgan fingerprint density at radius 1 is 1.33 bits per heavy atom. The van der Waals surface area contributed by atoms with Crippen molar-refractivity contribution in [3.8, 4) is 0 Å². The van der Waals surface area contributed by atoms with Gasteiger partial charge in [0.1, 0.15) is 0 Å². The van der Waals surface area contributed by atoms with Gasteiger partial charge in [-0.3, -0.25) is 4.68 Å². The van der Waals surface area contributed by atoms with Gasteiger partial charge in [0, 0.05) is 6.20 Å². The molecular weight excluding hydrogens is 150 g/mol. The number of nitrogens with zero attached hydrogens (tertiary/aromatic N) is 2. The molecule has 1 aromatic rings. The van der Waals surface area contributed by atoms with Crippen molar-refractivity contribution < 1.29 is 0 Å². The minimum Gasteiger partial charge on any atom is -0.396 e. The van der Waals surface area contributed by atoms with Crippen molar-refractivity contribution >= 4 is 5.69 Å². The Morgan fingerprint density at radius 3 is 2.67 bits per heavy atom. The van der Waals surface area contributed by atoms with Crippen LogP contribution in [0, 0.1) is 0 Å². The first-order valence-electron chi connectivity index (χ1n) is 4.66. The van der Waals surface area contributed by atoms with Crippen LogP contribution in [0.15, 0.2) is 12.4 Å². The molecule has 0 spiro atoms. The first-order valence-corrected chi connectivity index (χ1v) is 4.66. The molecule has 2 rings (SSSR count). The molecular formula is C9H15N3. The minimum absolute atomic E-state index is 0.607. The van der Waals surface area contributed by atoms with Crippen molar-refractivity contribution in [3.63, 3.8) is 0 Å². The maximum Gasteiger partial charge on any atom is 0.0719 e. The van der Waals surface area contributed by atoms with Gasteiger partial charge in [0.2, 0.25) is 0 Å². The topological polar surface area (TPSA) is 43.8 Å². The van der Waals surface area contributed by atoms with Gasteiger partial charge in [0.25, 0.3) is 0 Å². The average molecular weight is 165 g/mol. The maximum absolute atomic E-state index is 5.60. The summed E-state index contributed by atoms with van der Waals surface area (Å²) in [6, 6.07) is 0.607. The number of hydrogen-bond acceptors (Lipinski definition) is 2. The summed E-state index contributed by atoms with van der Waals surface area (Å²) in [7, 11) is 0. The van der Waals surface area contributed by atoms with Crippen LogP contribution in [0.2, 0.25) is 0 Å². The highest BCUT2D eigenvalue weighted by Gasteiger charge is 2.15. The van der Waals surface area contributed by atoms with Gasteiger partial charge < -0.3 is 5.73 Å². The van der Waals surface area contributed by atoms with Crippen molar-refractivity contribution in [2.24, 2.45) is 0 Å². The van der Waals surface area contributed by atoms with E-state index in [1.165, 1.54) is 32.1 Å². The average Bonchev–Trinajstić information content (AvgIpc) is 2.54. The first kappa shape index (κ1) is 7.65. The number of anilines is 1. The predicted molar refractivity (Wildman–Crippen MR) is 48.8 cm³/mol. The Labute approximate surface area is 72.6 Å². The van der Waals surface area contributed by atoms with E-state index in [0.717, 1.165) is 5.69 Å². The third-order valence-corrected chi connectivity index (χ3v) is 2.57. The molecule has 1 aromatic heterocycles. The van der Waals surface area contributed by atoms with E-state index in [-0.39, 0.29) is 0 Å². The van der Waals surface area contributed by atoms with E-state index < -0.39 is 0 Å². The molecule has 66 valence electrons. The third kappa shape index (κ3) is 1.44. The van der Waals surface area contributed by atoms with Crippen LogP contribution in [-0.4, -0.2) is 9.78 Å². The van der Waals surface area contributed by atoms with Crippen molar-refractivity contribution in [2.45, 2.75) is 38.1 Å². The molecule has 1 aliphatic rings. The van der Waals surface area contributed by atoms with Crippen LogP contribution in [0.4, 0.5) is 5.69 Å². The molecule has 0 radical (unpaired) electrons. The zero-order valence-corrected chi connectivity index (χ0v) is 7.24. The maximum atomic E-state index is 5.60. The van der Waals surface area contributed by atoms with E-state index in [0.29, 0.717) is 6.04 Å². The zero-order chi connectivity index (χ0) is 8.39. The second-order valence-corrected chi connectivity index (χ2v) is 3.55. The standard InChI is InChI=1S/C9H15N3/c10-8-6-11-12(7-8)9-4-2-1-3-5-9/h6-7,9H,1-5,10H2. The van der Waals surface area contributed by atoms with Gasteiger partial charge in [-0.25, -0.2) is 0 Å². The van der Waals surface area contributed by atoms with E-state index in [2.05, 4.69) is 5.10 Å². The SMILES string of the molecule is Nc1cnn(C2CCCCC2)c1. The highest BCUT2D eigenvalue weighted by Crippen LogP contribution is 2.27. The Morgan fingerprint density at radius 2 is 2.08 bits per heavy atom. The normalized spacial score (nSPS) is 19.7. The van der Waals surface area contributed by atoms with Gasteiger partial charge in [-0.05, 0) is 12.8 Å². The largest absolute Gasteiger partial charge is 0.396 e. The fourth-order valence-corrected chi connectivity index (χ4v) is 1.90. The van der Waals surface area contributed by atoms with Gasteiger partial charge in [-0.1, -0.05) is 19.3 Å². The summed E-state index contributed by atoms with van der Waals surface area (Å²) in [5.41, 5.74) is 6.38. The zero-order valence-electron chi connectivity index (χ0n) is 7.24. The van der Waals surface area contributed by atoms with Gasteiger partial charge in [-0.15, -0.1) is 0 Å². The van der Waals surface area contributed by atoms with E-state index in [1.807, 2.05) is 10.9 Å². The lowest BCUT2D eigenvalue weighted by Crippen LogP contribution is -2.12. The van der Waals surface area contributed by atoms with Gasteiger partial charge in [0.05, 0.1) is 17.9 Å². The molecule has 1 aliphatic carbocycles. The lowest BCUT2D eigenvalue weighted by Gasteiger charge is -2.21. The minimum atomic E-state index is 0.607.